The smallest absolute Gasteiger partial charge is 0.261 e. The topological polar surface area (TPSA) is 55.1 Å². The van der Waals surface area contributed by atoms with Crippen molar-refractivity contribution >= 4 is 50.4 Å². The lowest BCUT2D eigenvalue weighted by molar-refractivity contribution is 0.0959. The number of thiocarbonyl (C=S) groups is 1. The summed E-state index contributed by atoms with van der Waals surface area (Å²) in [5.74, 6) is -0.0862. The van der Waals surface area contributed by atoms with E-state index in [0.29, 0.717) is 22.8 Å². The number of hydrogen-bond donors (Lipinski definition) is 2. The van der Waals surface area contributed by atoms with Crippen molar-refractivity contribution in [3.8, 4) is 0 Å². The molecule has 0 unspecified atom stereocenters. The predicted octanol–water partition coefficient (Wildman–Crippen LogP) is 1.92. The first kappa shape index (κ1) is 11.6. The van der Waals surface area contributed by atoms with Gasteiger partial charge in [0.15, 0.2) is 0 Å². The van der Waals surface area contributed by atoms with E-state index >= 15 is 0 Å². The van der Waals surface area contributed by atoms with E-state index < -0.39 is 0 Å². The predicted molar refractivity (Wildman–Crippen MR) is 65.8 cm³/mol. The Hall–Kier alpha value is -0.460. The molecule has 0 aliphatic carbocycles. The molecular weight excluding hydrogens is 284 g/mol. The van der Waals surface area contributed by atoms with Crippen LogP contribution in [0.2, 0.25) is 0 Å². The zero-order valence-electron chi connectivity index (χ0n) is 7.25. The van der Waals surface area contributed by atoms with Crippen molar-refractivity contribution in [3.05, 3.63) is 20.8 Å². The molecule has 0 saturated heterocycles. The van der Waals surface area contributed by atoms with Crippen LogP contribution in [0.15, 0.2) is 15.9 Å². The Morgan fingerprint density at radius 3 is 2.86 bits per heavy atom. The zero-order chi connectivity index (χ0) is 10.6. The third-order valence-corrected chi connectivity index (χ3v) is 3.28. The van der Waals surface area contributed by atoms with Gasteiger partial charge in [-0.15, -0.1) is 11.3 Å². The van der Waals surface area contributed by atoms with E-state index in [1.807, 2.05) is 6.07 Å². The Kier molecular flexibility index (Phi) is 4.50. The van der Waals surface area contributed by atoms with Crippen LogP contribution >= 0.6 is 39.5 Å². The van der Waals surface area contributed by atoms with Crippen LogP contribution in [0.4, 0.5) is 0 Å². The summed E-state index contributed by atoms with van der Waals surface area (Å²) < 4.78 is 0.942. The summed E-state index contributed by atoms with van der Waals surface area (Å²) in [6.07, 6.45) is 0.535. The van der Waals surface area contributed by atoms with E-state index in [1.165, 1.54) is 11.3 Å². The number of rotatable bonds is 4. The molecular formula is C8H9BrN2OS2. The molecule has 6 heteroatoms. The lowest BCUT2D eigenvalue weighted by atomic mass is 10.4. The molecule has 0 aliphatic heterocycles. The molecule has 0 aliphatic rings. The minimum absolute atomic E-state index is 0.0862. The minimum Gasteiger partial charge on any atom is -0.393 e. The van der Waals surface area contributed by atoms with Gasteiger partial charge in [0.2, 0.25) is 0 Å². The highest BCUT2D eigenvalue weighted by Crippen LogP contribution is 2.21. The Balaban J connectivity index is 2.39. The molecule has 3 nitrogen and oxygen atoms in total. The average Bonchev–Trinajstić information content (AvgIpc) is 2.51. The minimum atomic E-state index is -0.0862. The van der Waals surface area contributed by atoms with Crippen LogP contribution in [-0.2, 0) is 0 Å². The second-order valence-corrected chi connectivity index (χ2v) is 5.56. The number of halogens is 1. The van der Waals surface area contributed by atoms with Gasteiger partial charge in [0.25, 0.3) is 5.91 Å². The van der Waals surface area contributed by atoms with Crippen LogP contribution in [0.5, 0.6) is 0 Å². The Morgan fingerprint density at radius 1 is 1.64 bits per heavy atom. The first-order valence-corrected chi connectivity index (χ1v) is 5.93. The molecule has 0 aromatic carbocycles. The molecule has 14 heavy (non-hydrogen) atoms. The summed E-state index contributed by atoms with van der Waals surface area (Å²) in [6.45, 7) is 0.490. The van der Waals surface area contributed by atoms with E-state index in [9.17, 15) is 4.79 Å². The van der Waals surface area contributed by atoms with Gasteiger partial charge >= 0.3 is 0 Å². The van der Waals surface area contributed by atoms with Crippen LogP contribution in [0, 0.1) is 0 Å². The second-order valence-electron chi connectivity index (χ2n) is 2.58. The summed E-state index contributed by atoms with van der Waals surface area (Å²) in [5.41, 5.74) is 5.30. The van der Waals surface area contributed by atoms with Crippen LogP contribution in [0.25, 0.3) is 0 Å². The molecule has 1 heterocycles. The Labute approximate surface area is 99.8 Å². The van der Waals surface area contributed by atoms with Gasteiger partial charge in [0.1, 0.15) is 0 Å². The summed E-state index contributed by atoms with van der Waals surface area (Å²) in [7, 11) is 0. The number of carbonyl (C=O) groups is 1. The van der Waals surface area contributed by atoms with Gasteiger partial charge in [-0.3, -0.25) is 4.79 Å². The number of hydrogen-bond acceptors (Lipinski definition) is 3. The number of amides is 1. The fourth-order valence-corrected chi connectivity index (χ4v) is 2.23. The van der Waals surface area contributed by atoms with Crippen molar-refractivity contribution < 1.29 is 4.79 Å². The van der Waals surface area contributed by atoms with Gasteiger partial charge in [-0.25, -0.2) is 0 Å². The van der Waals surface area contributed by atoms with Crippen LogP contribution in [-0.4, -0.2) is 17.4 Å². The quantitative estimate of drug-likeness (QED) is 0.834. The number of nitrogens with one attached hydrogen (secondary N) is 1. The second kappa shape index (κ2) is 5.43. The van der Waals surface area contributed by atoms with Gasteiger partial charge < -0.3 is 11.1 Å². The van der Waals surface area contributed by atoms with Gasteiger partial charge in [0.05, 0.1) is 13.7 Å². The van der Waals surface area contributed by atoms with E-state index in [1.54, 1.807) is 6.07 Å². The maximum atomic E-state index is 11.4. The maximum Gasteiger partial charge on any atom is 0.261 e. The number of thiophene rings is 1. The van der Waals surface area contributed by atoms with Gasteiger partial charge in [-0.2, -0.15) is 0 Å². The van der Waals surface area contributed by atoms with E-state index in [2.05, 4.69) is 33.5 Å². The normalized spacial score (nSPS) is 9.79. The molecule has 1 amide bonds. The first-order chi connectivity index (χ1) is 6.59. The van der Waals surface area contributed by atoms with Crippen LogP contribution in [0.1, 0.15) is 16.1 Å². The third kappa shape index (κ3) is 3.73. The van der Waals surface area contributed by atoms with Crippen molar-refractivity contribution in [1.82, 2.24) is 5.32 Å². The Bertz CT molecular complexity index is 351. The molecule has 0 saturated carbocycles. The Morgan fingerprint density at radius 2 is 2.36 bits per heavy atom. The van der Waals surface area contributed by atoms with Crippen molar-refractivity contribution in [2.75, 3.05) is 6.54 Å². The monoisotopic (exact) mass is 292 g/mol. The number of carbonyl (C=O) groups excluding carboxylic acids is 1. The molecule has 1 aromatic rings. The molecule has 0 radical (unpaired) electrons. The van der Waals surface area contributed by atoms with Crippen molar-refractivity contribution in [3.63, 3.8) is 0 Å². The molecule has 76 valence electrons. The van der Waals surface area contributed by atoms with E-state index in [-0.39, 0.29) is 5.91 Å². The van der Waals surface area contributed by atoms with E-state index in [4.69, 9.17) is 5.73 Å². The maximum absolute atomic E-state index is 11.4. The summed E-state index contributed by atoms with van der Waals surface area (Å²) >= 11 is 9.37. The van der Waals surface area contributed by atoms with E-state index in [0.717, 1.165) is 3.79 Å². The fraction of sp³-hybridized carbons (Fsp3) is 0.250. The summed E-state index contributed by atoms with van der Waals surface area (Å²) in [5, 5.41) is 2.73. The van der Waals surface area contributed by atoms with Crippen LogP contribution < -0.4 is 11.1 Å². The highest BCUT2D eigenvalue weighted by atomic mass is 79.9. The largest absolute Gasteiger partial charge is 0.393 e. The van der Waals surface area contributed by atoms with Gasteiger partial charge in [-0.1, -0.05) is 12.2 Å². The van der Waals surface area contributed by atoms with Gasteiger partial charge in [0, 0.05) is 13.0 Å². The van der Waals surface area contributed by atoms with Crippen molar-refractivity contribution in [2.45, 2.75) is 6.42 Å². The van der Waals surface area contributed by atoms with Crippen molar-refractivity contribution in [2.24, 2.45) is 5.73 Å². The summed E-state index contributed by atoms with van der Waals surface area (Å²) in [6, 6.07) is 3.61. The molecule has 1 aromatic heterocycles. The fourth-order valence-electron chi connectivity index (χ4n) is 0.823. The lowest BCUT2D eigenvalue weighted by Gasteiger charge is -2.01. The zero-order valence-corrected chi connectivity index (χ0v) is 10.5. The molecule has 0 bridgehead atoms. The molecule has 0 spiro atoms. The molecule has 1 rings (SSSR count). The van der Waals surface area contributed by atoms with Gasteiger partial charge in [-0.05, 0) is 28.1 Å². The van der Waals surface area contributed by atoms with Crippen molar-refractivity contribution in [1.29, 1.82) is 0 Å². The number of nitrogens with two attached hydrogens (primary N) is 1. The average molecular weight is 293 g/mol. The molecule has 3 N–H and O–H groups in total. The highest BCUT2D eigenvalue weighted by molar-refractivity contribution is 9.11. The standard InChI is InChI=1S/C8H9BrN2OS2/c9-6-2-1-5(14-6)8(12)11-4-3-7(10)13/h1-2H,3-4H2,(H2,10,13)(H,11,12). The molecule has 0 fully saturated rings. The third-order valence-electron chi connectivity index (χ3n) is 1.45. The summed E-state index contributed by atoms with van der Waals surface area (Å²) in [4.78, 5) is 12.5. The first-order valence-electron chi connectivity index (χ1n) is 3.91. The SMILES string of the molecule is NC(=S)CCNC(=O)c1ccc(Br)s1. The van der Waals surface area contributed by atoms with Crippen LogP contribution in [0.3, 0.4) is 0 Å². The lowest BCUT2D eigenvalue weighted by Crippen LogP contribution is -2.26. The highest BCUT2D eigenvalue weighted by Gasteiger charge is 2.07. The molecule has 0 atom stereocenters.